The fourth-order valence-corrected chi connectivity index (χ4v) is 9.95. The van der Waals surface area contributed by atoms with E-state index in [-0.39, 0.29) is 0 Å². The van der Waals surface area contributed by atoms with Gasteiger partial charge in [0.05, 0.1) is 33.5 Å². The Morgan fingerprint density at radius 3 is 1.74 bits per heavy atom. The second-order valence-electron chi connectivity index (χ2n) is 14.8. The number of rotatable bonds is 3. The third kappa shape index (κ3) is 3.57. The summed E-state index contributed by atoms with van der Waals surface area (Å²) in [6, 6.07) is 57.6. The molecule has 4 nitrogen and oxygen atoms in total. The lowest BCUT2D eigenvalue weighted by atomic mass is 9.86. The van der Waals surface area contributed by atoms with Gasteiger partial charge in [-0.15, -0.1) is 0 Å². The largest absolute Gasteiger partial charge is 0.309 e. The average Bonchev–Trinajstić information content (AvgIpc) is 3.72. The predicted octanol–water partition coefficient (Wildman–Crippen LogP) is 12.4. The molecule has 0 bridgehead atoms. The van der Waals surface area contributed by atoms with E-state index in [1.54, 1.807) is 0 Å². The number of hydrogen-bond donors (Lipinski definition) is 0. The molecule has 3 heterocycles. The molecule has 11 aromatic rings. The van der Waals surface area contributed by atoms with Gasteiger partial charge in [-0.25, -0.2) is 9.97 Å². The summed E-state index contributed by atoms with van der Waals surface area (Å²) in [6.07, 6.45) is 1.87. The van der Waals surface area contributed by atoms with E-state index in [2.05, 4.69) is 167 Å². The van der Waals surface area contributed by atoms with Gasteiger partial charge in [-0.05, 0) is 82.1 Å². The molecule has 0 unspecified atom stereocenters. The molecule has 3 aromatic heterocycles. The van der Waals surface area contributed by atoms with Gasteiger partial charge in [0.25, 0.3) is 0 Å². The Hall–Kier alpha value is -7.04. The number of hydrogen-bond acceptors (Lipinski definition) is 2. The third-order valence-electron chi connectivity index (χ3n) is 12.2. The van der Waals surface area contributed by atoms with Crippen LogP contribution < -0.4 is 0 Å². The molecular weight excluding hydrogens is 657 g/mol. The first kappa shape index (κ1) is 28.5. The Bertz CT molecular complexity index is 3430. The van der Waals surface area contributed by atoms with Gasteiger partial charge in [0.1, 0.15) is 0 Å². The Kier molecular flexibility index (Phi) is 5.44. The van der Waals surface area contributed by atoms with Crippen molar-refractivity contribution in [1.29, 1.82) is 0 Å². The van der Waals surface area contributed by atoms with Crippen molar-refractivity contribution in [3.63, 3.8) is 0 Å². The monoisotopic (exact) mass is 686 g/mol. The Labute approximate surface area is 310 Å². The number of para-hydroxylation sites is 1. The fraction of sp³-hybridized carbons (Fsp3) is 0.0400. The number of aromatic nitrogens is 4. The van der Waals surface area contributed by atoms with Crippen LogP contribution in [-0.4, -0.2) is 19.1 Å². The van der Waals surface area contributed by atoms with Crippen molar-refractivity contribution in [3.05, 3.63) is 169 Å². The minimum Gasteiger partial charge on any atom is -0.309 e. The van der Waals surface area contributed by atoms with Crippen LogP contribution in [0, 0.1) is 0 Å². The van der Waals surface area contributed by atoms with Crippen molar-refractivity contribution in [2.45, 2.75) is 12.8 Å². The van der Waals surface area contributed by atoms with Crippen molar-refractivity contribution in [2.24, 2.45) is 0 Å². The highest BCUT2D eigenvalue weighted by molar-refractivity contribution is 6.38. The quantitative estimate of drug-likeness (QED) is 0.185. The van der Waals surface area contributed by atoms with Gasteiger partial charge < -0.3 is 4.57 Å². The first-order valence-corrected chi connectivity index (χ1v) is 18.8. The Morgan fingerprint density at radius 2 is 0.944 bits per heavy atom. The zero-order valence-corrected chi connectivity index (χ0v) is 29.2. The van der Waals surface area contributed by atoms with Crippen molar-refractivity contribution in [1.82, 2.24) is 19.1 Å². The van der Waals surface area contributed by atoms with Gasteiger partial charge in [-0.1, -0.05) is 121 Å². The van der Waals surface area contributed by atoms with Gasteiger partial charge in [0.15, 0.2) is 0 Å². The van der Waals surface area contributed by atoms with Crippen molar-refractivity contribution >= 4 is 65.2 Å². The normalized spacial score (nSPS) is 13.0. The molecule has 8 aromatic carbocycles. The van der Waals surface area contributed by atoms with E-state index < -0.39 is 0 Å². The van der Waals surface area contributed by atoms with Crippen LogP contribution in [0.25, 0.3) is 110 Å². The SMILES string of the molecule is c1ccc(-n2c3cccc4c3c3c5c(ccc32)ccc2c5c3c-4cccc3n2-c2nc3c(c(-c4cccc5ccccc45)n2)CCc2ccccc2-3)cc1. The van der Waals surface area contributed by atoms with Crippen LogP contribution >= 0.6 is 0 Å². The van der Waals surface area contributed by atoms with Gasteiger partial charge in [0.2, 0.25) is 5.95 Å². The predicted molar refractivity (Wildman–Crippen MR) is 223 cm³/mol. The molecule has 0 aliphatic heterocycles. The topological polar surface area (TPSA) is 35.6 Å². The molecule has 2 aliphatic rings. The molecule has 0 amide bonds. The maximum atomic E-state index is 5.64. The van der Waals surface area contributed by atoms with E-state index in [4.69, 9.17) is 9.97 Å². The smallest absolute Gasteiger partial charge is 0.235 e. The molecule has 250 valence electrons. The molecule has 2 aliphatic carbocycles. The lowest BCUT2D eigenvalue weighted by Gasteiger charge is -2.23. The summed E-state index contributed by atoms with van der Waals surface area (Å²) in [5, 5.41) is 10.1. The average molecular weight is 687 g/mol. The van der Waals surface area contributed by atoms with Crippen LogP contribution in [0.1, 0.15) is 11.1 Å². The second kappa shape index (κ2) is 10.3. The maximum Gasteiger partial charge on any atom is 0.235 e. The van der Waals surface area contributed by atoms with E-state index in [1.807, 2.05) is 0 Å². The molecule has 0 fully saturated rings. The molecule has 0 N–H and O–H groups in total. The summed E-state index contributed by atoms with van der Waals surface area (Å²) in [5.74, 6) is 0.706. The minimum absolute atomic E-state index is 0.706. The number of fused-ring (bicyclic) bond motifs is 5. The van der Waals surface area contributed by atoms with E-state index in [0.29, 0.717) is 5.95 Å². The number of aryl methyl sites for hydroxylation is 1. The van der Waals surface area contributed by atoms with Gasteiger partial charge in [-0.3, -0.25) is 4.57 Å². The van der Waals surface area contributed by atoms with E-state index in [1.165, 1.54) is 87.6 Å². The van der Waals surface area contributed by atoms with Crippen LogP contribution in [-0.2, 0) is 12.8 Å². The molecule has 4 heteroatoms. The highest BCUT2D eigenvalue weighted by Gasteiger charge is 2.29. The molecule has 0 atom stereocenters. The zero-order valence-electron chi connectivity index (χ0n) is 29.2. The van der Waals surface area contributed by atoms with Gasteiger partial charge >= 0.3 is 0 Å². The summed E-state index contributed by atoms with van der Waals surface area (Å²) < 4.78 is 4.78. The van der Waals surface area contributed by atoms with Crippen molar-refractivity contribution < 1.29 is 0 Å². The molecule has 0 saturated carbocycles. The lowest BCUT2D eigenvalue weighted by molar-refractivity contribution is 0.894. The summed E-state index contributed by atoms with van der Waals surface area (Å²) in [6.45, 7) is 0. The number of benzene rings is 8. The second-order valence-corrected chi connectivity index (χ2v) is 14.8. The summed E-state index contributed by atoms with van der Waals surface area (Å²) >= 11 is 0. The van der Waals surface area contributed by atoms with Crippen molar-refractivity contribution in [3.8, 4) is 45.3 Å². The van der Waals surface area contributed by atoms with Crippen LogP contribution in [0.2, 0.25) is 0 Å². The maximum absolute atomic E-state index is 5.64. The zero-order chi connectivity index (χ0) is 35.1. The van der Waals surface area contributed by atoms with Crippen LogP contribution in [0.15, 0.2) is 158 Å². The molecule has 13 rings (SSSR count). The highest BCUT2D eigenvalue weighted by atomic mass is 15.2. The number of nitrogens with zero attached hydrogens (tertiary/aromatic N) is 4. The van der Waals surface area contributed by atoms with Gasteiger partial charge in [0, 0.05) is 49.3 Å². The van der Waals surface area contributed by atoms with Gasteiger partial charge in [-0.2, -0.15) is 0 Å². The van der Waals surface area contributed by atoms with Crippen LogP contribution in [0.3, 0.4) is 0 Å². The molecule has 54 heavy (non-hydrogen) atoms. The van der Waals surface area contributed by atoms with E-state index in [9.17, 15) is 0 Å². The van der Waals surface area contributed by atoms with E-state index in [0.717, 1.165) is 40.8 Å². The summed E-state index contributed by atoms with van der Waals surface area (Å²) in [7, 11) is 0. The van der Waals surface area contributed by atoms with Crippen LogP contribution in [0.5, 0.6) is 0 Å². The molecule has 0 spiro atoms. The Balaban J connectivity index is 1.20. The first-order chi connectivity index (χ1) is 26.8. The fourth-order valence-electron chi connectivity index (χ4n) is 9.95. The van der Waals surface area contributed by atoms with Crippen LogP contribution in [0.4, 0.5) is 0 Å². The molecular formula is C50H30N4. The van der Waals surface area contributed by atoms with Crippen molar-refractivity contribution in [2.75, 3.05) is 0 Å². The molecule has 0 saturated heterocycles. The van der Waals surface area contributed by atoms with E-state index >= 15 is 0 Å². The summed E-state index contributed by atoms with van der Waals surface area (Å²) in [4.78, 5) is 11.2. The third-order valence-corrected chi connectivity index (χ3v) is 12.2. The standard InChI is InChI=1S/C50H30N4/c1-2-14-32(15-3-1)53-39-21-9-18-35-36-19-10-22-40-45(36)47-42(28-25-31-24-27-41(53)46(43(31)47)44(35)39)54(40)50-51-48-34-17-7-5-12-30(34)23-26-38(48)49(52-50)37-20-8-13-29-11-4-6-16-33(29)37/h1-22,24-25,27-28H,23,26H2. The lowest BCUT2D eigenvalue weighted by Crippen LogP contribution is -2.13. The summed E-state index contributed by atoms with van der Waals surface area (Å²) in [5.41, 5.74) is 15.4. The molecule has 0 radical (unpaired) electrons. The first-order valence-electron chi connectivity index (χ1n) is 18.8. The highest BCUT2D eigenvalue weighted by Crippen LogP contribution is 2.51. The minimum atomic E-state index is 0.706. The Morgan fingerprint density at radius 1 is 0.370 bits per heavy atom.